The van der Waals surface area contributed by atoms with Gasteiger partial charge in [0.15, 0.2) is 11.5 Å². The van der Waals surface area contributed by atoms with Gasteiger partial charge in [-0.1, -0.05) is 49.6 Å². The van der Waals surface area contributed by atoms with E-state index in [0.717, 1.165) is 72.7 Å². The van der Waals surface area contributed by atoms with E-state index in [9.17, 15) is 4.79 Å². The number of ether oxygens (including phenoxy) is 2. The zero-order chi connectivity index (χ0) is 25.6. The second kappa shape index (κ2) is 11.8. The Bertz CT molecular complexity index is 1240. The molecule has 1 atom stereocenters. The fraction of sp³-hybridized carbons (Fsp3) is 0.484. The molecule has 0 spiro atoms. The molecule has 0 N–H and O–H groups in total. The number of rotatable bonds is 10. The number of para-hydroxylation sites is 2. The molecular weight excluding hydrogens is 462 g/mol. The third-order valence-electron chi connectivity index (χ3n) is 7.80. The Kier molecular flexibility index (Phi) is 8.12. The molecule has 1 saturated heterocycles. The van der Waals surface area contributed by atoms with Crippen molar-refractivity contribution in [1.82, 2.24) is 14.5 Å². The number of nitrogens with zero attached hydrogens (tertiary/aromatic N) is 3. The smallest absolute Gasteiger partial charge is 0.223 e. The van der Waals surface area contributed by atoms with Crippen molar-refractivity contribution >= 4 is 23.0 Å². The number of hydrogen-bond donors (Lipinski definition) is 0. The van der Waals surface area contributed by atoms with Gasteiger partial charge in [0.05, 0.1) is 24.8 Å². The van der Waals surface area contributed by atoms with Crippen LogP contribution in [0, 0.1) is 0 Å². The molecule has 1 amide bonds. The molecule has 6 nitrogen and oxygen atoms in total. The van der Waals surface area contributed by atoms with Crippen LogP contribution in [-0.2, 0) is 11.3 Å². The van der Waals surface area contributed by atoms with Gasteiger partial charge in [0, 0.05) is 31.5 Å². The van der Waals surface area contributed by atoms with Gasteiger partial charge < -0.3 is 18.9 Å². The van der Waals surface area contributed by atoms with Crippen molar-refractivity contribution in [3.05, 3.63) is 59.9 Å². The standard InChI is InChI=1S/C31H39N3O3/c1-3-11-23-16-17-28(29(20-23)36-2)37-19-10-9-18-33-27-15-8-7-14-26(27)32-31(33)24-21-30(35)34(22-24)25-12-5-4-6-13-25/h3,7-8,11,14-17,20,24-25H,4-6,9-10,12-13,18-19,21-22H2,1-2H3/b11-3+. The van der Waals surface area contributed by atoms with Crippen LogP contribution in [0.5, 0.6) is 11.5 Å². The van der Waals surface area contributed by atoms with Crippen LogP contribution in [0.25, 0.3) is 17.1 Å². The summed E-state index contributed by atoms with van der Waals surface area (Å²) in [6.07, 6.45) is 12.6. The normalized spacial score (nSPS) is 18.8. The number of imidazole rings is 1. The monoisotopic (exact) mass is 501 g/mol. The summed E-state index contributed by atoms with van der Waals surface area (Å²) in [7, 11) is 1.68. The minimum absolute atomic E-state index is 0.165. The Hall–Kier alpha value is -3.28. The van der Waals surface area contributed by atoms with Gasteiger partial charge in [-0.2, -0.15) is 0 Å². The molecule has 1 unspecified atom stereocenters. The fourth-order valence-corrected chi connectivity index (χ4v) is 5.94. The molecule has 0 radical (unpaired) electrons. The highest BCUT2D eigenvalue weighted by Crippen LogP contribution is 2.35. The van der Waals surface area contributed by atoms with Crippen molar-refractivity contribution in [3.8, 4) is 11.5 Å². The minimum Gasteiger partial charge on any atom is -0.493 e. The number of carbonyl (C=O) groups is 1. The summed E-state index contributed by atoms with van der Waals surface area (Å²) in [5.41, 5.74) is 3.27. The van der Waals surface area contributed by atoms with Crippen LogP contribution in [-0.4, -0.2) is 46.7 Å². The molecule has 196 valence electrons. The lowest BCUT2D eigenvalue weighted by atomic mass is 9.94. The third-order valence-corrected chi connectivity index (χ3v) is 7.80. The van der Waals surface area contributed by atoms with E-state index in [1.807, 2.05) is 43.3 Å². The highest BCUT2D eigenvalue weighted by molar-refractivity contribution is 5.81. The van der Waals surface area contributed by atoms with Crippen molar-refractivity contribution < 1.29 is 14.3 Å². The predicted molar refractivity (Wildman–Crippen MR) is 148 cm³/mol. The van der Waals surface area contributed by atoms with Crippen molar-refractivity contribution in [2.75, 3.05) is 20.3 Å². The number of amides is 1. The highest BCUT2D eigenvalue weighted by atomic mass is 16.5. The van der Waals surface area contributed by atoms with Crippen LogP contribution in [0.15, 0.2) is 48.5 Å². The summed E-state index contributed by atoms with van der Waals surface area (Å²) in [6, 6.07) is 14.8. The topological polar surface area (TPSA) is 56.6 Å². The van der Waals surface area contributed by atoms with Crippen molar-refractivity contribution in [3.63, 3.8) is 0 Å². The number of aryl methyl sites for hydroxylation is 1. The summed E-state index contributed by atoms with van der Waals surface area (Å²) < 4.78 is 13.9. The number of benzene rings is 2. The SMILES string of the molecule is C/C=C/c1ccc(OCCCCn2c(C3CC(=O)N(C4CCCCC4)C3)nc3ccccc32)c(OC)c1. The van der Waals surface area contributed by atoms with Crippen LogP contribution in [0.4, 0.5) is 0 Å². The lowest BCUT2D eigenvalue weighted by Gasteiger charge is -2.31. The van der Waals surface area contributed by atoms with Crippen molar-refractivity contribution in [2.24, 2.45) is 0 Å². The van der Waals surface area contributed by atoms with E-state index < -0.39 is 0 Å². The van der Waals surface area contributed by atoms with Gasteiger partial charge in [0.2, 0.25) is 5.91 Å². The summed E-state index contributed by atoms with van der Waals surface area (Å²) in [5.74, 6) is 3.06. The van der Waals surface area contributed by atoms with Gasteiger partial charge in [-0.15, -0.1) is 0 Å². The van der Waals surface area contributed by atoms with E-state index in [1.54, 1.807) is 7.11 Å². The molecule has 5 rings (SSSR count). The van der Waals surface area contributed by atoms with Gasteiger partial charge in [0.25, 0.3) is 0 Å². The molecule has 6 heteroatoms. The zero-order valence-electron chi connectivity index (χ0n) is 22.2. The maximum atomic E-state index is 13.0. The summed E-state index contributed by atoms with van der Waals surface area (Å²) in [5, 5.41) is 0. The van der Waals surface area contributed by atoms with E-state index in [0.29, 0.717) is 25.0 Å². The molecule has 2 aliphatic rings. The van der Waals surface area contributed by atoms with Crippen molar-refractivity contribution in [2.45, 2.75) is 76.8 Å². The first-order valence-electron chi connectivity index (χ1n) is 13.9. The van der Waals surface area contributed by atoms with E-state index in [2.05, 4.69) is 27.7 Å². The van der Waals surface area contributed by atoms with Gasteiger partial charge in [0.1, 0.15) is 5.82 Å². The minimum atomic E-state index is 0.165. The molecule has 0 bridgehead atoms. The summed E-state index contributed by atoms with van der Waals surface area (Å²) >= 11 is 0. The highest BCUT2D eigenvalue weighted by Gasteiger charge is 2.37. The molecule has 1 saturated carbocycles. The van der Waals surface area contributed by atoms with Crippen LogP contribution < -0.4 is 9.47 Å². The number of aromatic nitrogens is 2. The molecule has 2 heterocycles. The van der Waals surface area contributed by atoms with E-state index in [1.165, 1.54) is 19.3 Å². The van der Waals surface area contributed by atoms with Gasteiger partial charge in [-0.05, 0) is 62.4 Å². The lowest BCUT2D eigenvalue weighted by molar-refractivity contribution is -0.130. The molecule has 1 aliphatic carbocycles. The summed E-state index contributed by atoms with van der Waals surface area (Å²) in [6.45, 7) is 4.30. The zero-order valence-corrected chi connectivity index (χ0v) is 22.2. The molecule has 1 aliphatic heterocycles. The second-order valence-corrected chi connectivity index (χ2v) is 10.3. The van der Waals surface area contributed by atoms with Gasteiger partial charge in [-0.3, -0.25) is 4.79 Å². The van der Waals surface area contributed by atoms with Gasteiger partial charge >= 0.3 is 0 Å². The molecule has 2 fully saturated rings. The number of fused-ring (bicyclic) bond motifs is 1. The lowest BCUT2D eigenvalue weighted by Crippen LogP contribution is -2.37. The predicted octanol–water partition coefficient (Wildman–Crippen LogP) is 6.59. The first-order valence-corrected chi connectivity index (χ1v) is 13.9. The Balaban J connectivity index is 1.23. The molecule has 2 aromatic carbocycles. The van der Waals surface area contributed by atoms with Crippen LogP contribution in [0.2, 0.25) is 0 Å². The molecule has 37 heavy (non-hydrogen) atoms. The quantitative estimate of drug-likeness (QED) is 0.294. The Morgan fingerprint density at radius 3 is 2.70 bits per heavy atom. The van der Waals surface area contributed by atoms with E-state index >= 15 is 0 Å². The molecule has 3 aromatic rings. The largest absolute Gasteiger partial charge is 0.493 e. The van der Waals surface area contributed by atoms with Crippen LogP contribution >= 0.6 is 0 Å². The molecule has 1 aromatic heterocycles. The average Bonchev–Trinajstić information content (AvgIpc) is 3.50. The number of methoxy groups -OCH3 is 1. The van der Waals surface area contributed by atoms with Crippen LogP contribution in [0.1, 0.15) is 75.6 Å². The first-order chi connectivity index (χ1) is 18.2. The Morgan fingerprint density at radius 2 is 1.89 bits per heavy atom. The second-order valence-electron chi connectivity index (χ2n) is 10.3. The average molecular weight is 502 g/mol. The number of hydrogen-bond acceptors (Lipinski definition) is 4. The van der Waals surface area contributed by atoms with Crippen molar-refractivity contribution in [1.29, 1.82) is 0 Å². The van der Waals surface area contributed by atoms with E-state index in [4.69, 9.17) is 14.5 Å². The number of likely N-dealkylation sites (tertiary alicyclic amines) is 1. The maximum Gasteiger partial charge on any atom is 0.223 e. The number of allylic oxidation sites excluding steroid dienone is 1. The third kappa shape index (κ3) is 5.68. The number of unbranched alkanes of at least 4 members (excludes halogenated alkanes) is 1. The Labute approximate surface area is 220 Å². The van der Waals surface area contributed by atoms with E-state index in [-0.39, 0.29) is 5.92 Å². The Morgan fingerprint density at radius 1 is 1.05 bits per heavy atom. The van der Waals surface area contributed by atoms with Crippen LogP contribution in [0.3, 0.4) is 0 Å². The fourth-order valence-electron chi connectivity index (χ4n) is 5.94. The molecular formula is C31H39N3O3. The maximum absolute atomic E-state index is 13.0. The van der Waals surface area contributed by atoms with Gasteiger partial charge in [-0.25, -0.2) is 4.98 Å². The summed E-state index contributed by atoms with van der Waals surface area (Å²) in [4.78, 5) is 20.2. The number of carbonyl (C=O) groups excluding carboxylic acids is 1. The first kappa shape index (κ1) is 25.4.